The van der Waals surface area contributed by atoms with Crippen LogP contribution in [-0.4, -0.2) is 49.7 Å². The van der Waals surface area contributed by atoms with Gasteiger partial charge in [0.2, 0.25) is 5.91 Å². The molecule has 2 aliphatic rings. The number of carbonyl (C=O) groups excluding carboxylic acids is 1. The molecule has 7 heteroatoms. The van der Waals surface area contributed by atoms with E-state index >= 15 is 0 Å². The molecule has 0 saturated carbocycles. The number of hydrogen-bond acceptors (Lipinski definition) is 4. The summed E-state index contributed by atoms with van der Waals surface area (Å²) in [5, 5.41) is 1.79. The molecule has 1 atom stereocenters. The number of carbonyl (C=O) groups is 1. The van der Waals surface area contributed by atoms with Crippen LogP contribution in [0.25, 0.3) is 0 Å². The van der Waals surface area contributed by atoms with Crippen LogP contribution in [-0.2, 0) is 14.8 Å². The summed E-state index contributed by atoms with van der Waals surface area (Å²) in [5.74, 6) is 0.539. The van der Waals surface area contributed by atoms with Crippen LogP contribution in [0.3, 0.4) is 0 Å². The number of amides is 1. The van der Waals surface area contributed by atoms with Gasteiger partial charge in [-0.2, -0.15) is 4.31 Å². The van der Waals surface area contributed by atoms with Crippen LogP contribution in [0.4, 0.5) is 0 Å². The number of sulfonamides is 1. The van der Waals surface area contributed by atoms with Gasteiger partial charge in [0, 0.05) is 32.1 Å². The Morgan fingerprint density at radius 3 is 2.32 bits per heavy atom. The normalized spacial score (nSPS) is 22.5. The minimum absolute atomic E-state index is 0.00954. The molecule has 140 valence electrons. The van der Waals surface area contributed by atoms with Crippen molar-refractivity contribution in [2.75, 3.05) is 26.2 Å². The number of thiophene rings is 1. The van der Waals surface area contributed by atoms with Gasteiger partial charge in [0.1, 0.15) is 4.21 Å². The molecule has 1 aromatic rings. The van der Waals surface area contributed by atoms with Crippen LogP contribution in [0.1, 0.15) is 45.4 Å². The van der Waals surface area contributed by atoms with Crippen molar-refractivity contribution in [3.05, 3.63) is 17.5 Å². The van der Waals surface area contributed by atoms with E-state index in [4.69, 9.17) is 0 Å². The lowest BCUT2D eigenvalue weighted by Crippen LogP contribution is -2.44. The summed E-state index contributed by atoms with van der Waals surface area (Å²) in [6.07, 6.45) is 6.19. The fourth-order valence-electron chi connectivity index (χ4n) is 3.93. The van der Waals surface area contributed by atoms with Gasteiger partial charge in [-0.15, -0.1) is 11.3 Å². The summed E-state index contributed by atoms with van der Waals surface area (Å²) in [4.78, 5) is 14.8. The Balaban J connectivity index is 1.57. The van der Waals surface area contributed by atoms with E-state index in [0.717, 1.165) is 38.8 Å². The van der Waals surface area contributed by atoms with Crippen LogP contribution in [0, 0.1) is 11.8 Å². The predicted molar refractivity (Wildman–Crippen MR) is 100 cm³/mol. The van der Waals surface area contributed by atoms with Gasteiger partial charge in [-0.1, -0.05) is 25.8 Å². The van der Waals surface area contributed by atoms with Crippen molar-refractivity contribution >= 4 is 27.3 Å². The minimum atomic E-state index is -3.36. The number of nitrogens with zero attached hydrogens (tertiary/aromatic N) is 2. The van der Waals surface area contributed by atoms with Crippen LogP contribution >= 0.6 is 11.3 Å². The Morgan fingerprint density at radius 2 is 1.76 bits per heavy atom. The maximum absolute atomic E-state index is 12.8. The molecule has 3 heterocycles. The Hall–Kier alpha value is -0.920. The molecule has 3 rings (SSSR count). The van der Waals surface area contributed by atoms with Crippen molar-refractivity contribution < 1.29 is 13.2 Å². The molecule has 0 unspecified atom stereocenters. The molecule has 1 amide bonds. The van der Waals surface area contributed by atoms with E-state index in [1.807, 2.05) is 11.8 Å². The average molecular weight is 385 g/mol. The van der Waals surface area contributed by atoms with E-state index in [-0.39, 0.29) is 17.7 Å². The van der Waals surface area contributed by atoms with Crippen molar-refractivity contribution in [2.45, 2.75) is 49.7 Å². The Morgan fingerprint density at radius 1 is 1.12 bits per heavy atom. The maximum Gasteiger partial charge on any atom is 0.252 e. The van der Waals surface area contributed by atoms with E-state index in [2.05, 4.69) is 0 Å². The van der Waals surface area contributed by atoms with Gasteiger partial charge in [-0.05, 0) is 43.0 Å². The zero-order valence-electron chi connectivity index (χ0n) is 14.9. The van der Waals surface area contributed by atoms with Gasteiger partial charge in [-0.3, -0.25) is 4.79 Å². The van der Waals surface area contributed by atoms with Crippen molar-refractivity contribution in [3.8, 4) is 0 Å². The molecule has 2 saturated heterocycles. The van der Waals surface area contributed by atoms with Crippen LogP contribution in [0.5, 0.6) is 0 Å². The highest BCUT2D eigenvalue weighted by Gasteiger charge is 2.35. The van der Waals surface area contributed by atoms with Crippen molar-refractivity contribution in [3.63, 3.8) is 0 Å². The van der Waals surface area contributed by atoms with E-state index < -0.39 is 10.0 Å². The lowest BCUT2D eigenvalue weighted by Gasteiger charge is -2.35. The van der Waals surface area contributed by atoms with Gasteiger partial charge in [-0.25, -0.2) is 8.42 Å². The SMILES string of the molecule is C[C@@H](C(=O)N1CCCCCC1)C1CCN(S(=O)(=O)c2cccs2)CC1. The second-order valence-corrected chi connectivity index (χ2v) is 10.3. The first-order valence-corrected chi connectivity index (χ1v) is 11.6. The highest BCUT2D eigenvalue weighted by atomic mass is 32.2. The lowest BCUT2D eigenvalue weighted by atomic mass is 9.85. The quantitative estimate of drug-likeness (QED) is 0.801. The average Bonchev–Trinajstić information content (AvgIpc) is 3.05. The molecule has 0 bridgehead atoms. The van der Waals surface area contributed by atoms with Crippen LogP contribution < -0.4 is 0 Å². The number of piperidine rings is 1. The van der Waals surface area contributed by atoms with Crippen molar-refractivity contribution in [1.29, 1.82) is 0 Å². The van der Waals surface area contributed by atoms with Gasteiger partial charge >= 0.3 is 0 Å². The summed E-state index contributed by atoms with van der Waals surface area (Å²) in [6.45, 7) is 4.83. The molecule has 2 aliphatic heterocycles. The molecule has 0 aromatic carbocycles. The van der Waals surface area contributed by atoms with Crippen molar-refractivity contribution in [2.24, 2.45) is 11.8 Å². The Bertz CT molecular complexity index is 657. The van der Waals surface area contributed by atoms with Gasteiger partial charge in [0.25, 0.3) is 10.0 Å². The molecule has 0 aliphatic carbocycles. The molecule has 1 aromatic heterocycles. The molecule has 2 fully saturated rings. The Kier molecular flexibility index (Phi) is 6.17. The molecule has 0 spiro atoms. The first kappa shape index (κ1) is 18.9. The number of rotatable bonds is 4. The molecular formula is C18H28N2O3S2. The van der Waals surface area contributed by atoms with Crippen LogP contribution in [0.15, 0.2) is 21.7 Å². The predicted octanol–water partition coefficient (Wildman–Crippen LogP) is 3.19. The third kappa shape index (κ3) is 4.26. The lowest BCUT2D eigenvalue weighted by molar-refractivity contribution is -0.137. The summed E-state index contributed by atoms with van der Waals surface area (Å²) in [5.41, 5.74) is 0. The number of likely N-dealkylation sites (tertiary alicyclic amines) is 1. The summed E-state index contributed by atoms with van der Waals surface area (Å²) in [6, 6.07) is 3.43. The fraction of sp³-hybridized carbons (Fsp3) is 0.722. The standard InChI is InChI=1S/C18H28N2O3S2/c1-15(18(21)19-10-4-2-3-5-11-19)16-8-12-20(13-9-16)25(22,23)17-7-6-14-24-17/h6-7,14-16H,2-5,8-13H2,1H3/t15-/m1/s1. The molecule has 0 N–H and O–H groups in total. The topological polar surface area (TPSA) is 57.7 Å². The monoisotopic (exact) mass is 384 g/mol. The second kappa shape index (κ2) is 8.18. The van der Waals surface area contributed by atoms with Gasteiger partial charge in [0.15, 0.2) is 0 Å². The highest BCUT2D eigenvalue weighted by Crippen LogP contribution is 2.31. The largest absolute Gasteiger partial charge is 0.342 e. The van der Waals surface area contributed by atoms with E-state index in [1.165, 1.54) is 24.2 Å². The van der Waals surface area contributed by atoms with E-state index in [1.54, 1.807) is 21.8 Å². The zero-order chi connectivity index (χ0) is 17.9. The summed E-state index contributed by atoms with van der Waals surface area (Å²) in [7, 11) is -3.36. The third-order valence-corrected chi connectivity index (χ3v) is 8.87. The first-order chi connectivity index (χ1) is 12.0. The van der Waals surface area contributed by atoms with Gasteiger partial charge in [0.05, 0.1) is 0 Å². The maximum atomic E-state index is 12.8. The molecule has 25 heavy (non-hydrogen) atoms. The molecule has 0 radical (unpaired) electrons. The highest BCUT2D eigenvalue weighted by molar-refractivity contribution is 7.91. The Labute approximate surface area is 155 Å². The smallest absolute Gasteiger partial charge is 0.252 e. The first-order valence-electron chi connectivity index (χ1n) is 9.32. The molecular weight excluding hydrogens is 356 g/mol. The zero-order valence-corrected chi connectivity index (χ0v) is 16.5. The minimum Gasteiger partial charge on any atom is -0.342 e. The number of hydrogen-bond donors (Lipinski definition) is 0. The molecule has 5 nitrogen and oxygen atoms in total. The van der Waals surface area contributed by atoms with E-state index in [0.29, 0.717) is 17.3 Å². The second-order valence-electron chi connectivity index (χ2n) is 7.20. The summed E-state index contributed by atoms with van der Waals surface area (Å²) >= 11 is 1.27. The van der Waals surface area contributed by atoms with Gasteiger partial charge < -0.3 is 4.90 Å². The fourth-order valence-corrected chi connectivity index (χ4v) is 6.55. The van der Waals surface area contributed by atoms with E-state index in [9.17, 15) is 13.2 Å². The van der Waals surface area contributed by atoms with Crippen molar-refractivity contribution in [1.82, 2.24) is 9.21 Å². The van der Waals surface area contributed by atoms with Crippen LogP contribution in [0.2, 0.25) is 0 Å². The summed E-state index contributed by atoms with van der Waals surface area (Å²) < 4.78 is 27.2. The third-order valence-electron chi connectivity index (χ3n) is 5.60.